The van der Waals surface area contributed by atoms with Gasteiger partial charge in [0, 0.05) is 5.69 Å². The van der Waals surface area contributed by atoms with E-state index < -0.39 is 12.0 Å². The van der Waals surface area contributed by atoms with Crippen molar-refractivity contribution in [3.8, 4) is 5.88 Å². The number of alkyl halides is 2. The van der Waals surface area contributed by atoms with E-state index in [1.165, 1.54) is 7.11 Å². The molecule has 0 aliphatic rings. The van der Waals surface area contributed by atoms with Gasteiger partial charge in [-0.2, -0.15) is 0 Å². The number of methoxy groups -OCH3 is 1. The molecule has 0 radical (unpaired) electrons. The first-order valence-corrected chi connectivity index (χ1v) is 3.68. The van der Waals surface area contributed by atoms with E-state index in [0.29, 0.717) is 6.29 Å². The van der Waals surface area contributed by atoms with Crippen LogP contribution in [0.3, 0.4) is 0 Å². The highest BCUT2D eigenvalue weighted by Gasteiger charge is 2.19. The van der Waals surface area contributed by atoms with Crippen LogP contribution < -0.4 is 10.5 Å². The summed E-state index contributed by atoms with van der Waals surface area (Å²) in [5.74, 6) is -0.317. The van der Waals surface area contributed by atoms with Gasteiger partial charge < -0.3 is 10.5 Å². The number of aldehydes is 1. The van der Waals surface area contributed by atoms with E-state index >= 15 is 0 Å². The molecule has 0 amide bonds. The number of nitrogens with two attached hydrogens (primary N) is 1. The first-order chi connectivity index (χ1) is 6.60. The predicted molar refractivity (Wildman–Crippen MR) is 45.5 cm³/mol. The number of carbonyl (C=O) groups is 1. The van der Waals surface area contributed by atoms with E-state index in [4.69, 9.17) is 5.73 Å². The zero-order chi connectivity index (χ0) is 10.7. The molecule has 0 unspecified atom stereocenters. The number of halogens is 2. The van der Waals surface area contributed by atoms with Gasteiger partial charge in [-0.3, -0.25) is 4.79 Å². The number of anilines is 1. The number of nitrogens with zero attached hydrogens (tertiary/aromatic N) is 1. The van der Waals surface area contributed by atoms with Gasteiger partial charge in [-0.15, -0.1) is 0 Å². The third kappa shape index (κ3) is 1.78. The third-order valence-electron chi connectivity index (χ3n) is 1.61. The van der Waals surface area contributed by atoms with Crippen LogP contribution >= 0.6 is 0 Å². The molecule has 0 aromatic carbocycles. The number of hydrogen-bond donors (Lipinski definition) is 1. The Morgan fingerprint density at radius 3 is 2.71 bits per heavy atom. The second-order valence-corrected chi connectivity index (χ2v) is 2.48. The summed E-state index contributed by atoms with van der Waals surface area (Å²) in [5, 5.41) is 0. The van der Waals surface area contributed by atoms with E-state index in [9.17, 15) is 13.6 Å². The predicted octanol–water partition coefficient (Wildman–Crippen LogP) is 1.42. The van der Waals surface area contributed by atoms with Gasteiger partial charge in [0.25, 0.3) is 6.43 Å². The van der Waals surface area contributed by atoms with Crippen molar-refractivity contribution in [1.29, 1.82) is 0 Å². The Labute approximate surface area is 78.7 Å². The van der Waals surface area contributed by atoms with Crippen LogP contribution in [0.25, 0.3) is 0 Å². The Morgan fingerprint density at radius 2 is 2.29 bits per heavy atom. The number of rotatable bonds is 3. The molecule has 2 N–H and O–H groups in total. The SMILES string of the molecule is COc1nc(C=O)cc(N)c1C(F)F. The summed E-state index contributed by atoms with van der Waals surface area (Å²) in [6.45, 7) is 0. The number of nitrogen functional groups attached to an aromatic ring is 1. The molecule has 0 aliphatic carbocycles. The third-order valence-corrected chi connectivity index (χ3v) is 1.61. The van der Waals surface area contributed by atoms with Crippen LogP contribution in [0, 0.1) is 0 Å². The van der Waals surface area contributed by atoms with Crippen LogP contribution in [0.4, 0.5) is 14.5 Å². The molecule has 0 atom stereocenters. The second-order valence-electron chi connectivity index (χ2n) is 2.48. The lowest BCUT2D eigenvalue weighted by molar-refractivity contribution is 0.111. The maximum Gasteiger partial charge on any atom is 0.271 e. The molecular formula is C8H8F2N2O2. The molecule has 1 heterocycles. The summed E-state index contributed by atoms with van der Waals surface area (Å²) in [5.41, 5.74) is 4.59. The molecule has 0 fully saturated rings. The smallest absolute Gasteiger partial charge is 0.271 e. The molecule has 6 heteroatoms. The van der Waals surface area contributed by atoms with Crippen molar-refractivity contribution in [1.82, 2.24) is 4.98 Å². The van der Waals surface area contributed by atoms with E-state index in [1.807, 2.05) is 0 Å². The fourth-order valence-electron chi connectivity index (χ4n) is 1.01. The van der Waals surface area contributed by atoms with Crippen molar-refractivity contribution < 1.29 is 18.3 Å². The Kier molecular flexibility index (Phi) is 2.95. The minimum absolute atomic E-state index is 0.0382. The summed E-state index contributed by atoms with van der Waals surface area (Å²) in [7, 11) is 1.18. The average Bonchev–Trinajstić information content (AvgIpc) is 2.15. The number of pyridine rings is 1. The number of hydrogen-bond acceptors (Lipinski definition) is 4. The summed E-state index contributed by atoms with van der Waals surface area (Å²) >= 11 is 0. The number of aromatic nitrogens is 1. The fourth-order valence-corrected chi connectivity index (χ4v) is 1.01. The van der Waals surface area contributed by atoms with Crippen LogP contribution in [0.15, 0.2) is 6.07 Å². The number of ether oxygens (including phenoxy) is 1. The van der Waals surface area contributed by atoms with Crippen molar-refractivity contribution >= 4 is 12.0 Å². The molecule has 0 spiro atoms. The Balaban J connectivity index is 3.34. The summed E-state index contributed by atoms with van der Waals surface area (Å²) in [4.78, 5) is 13.9. The van der Waals surface area contributed by atoms with Crippen molar-refractivity contribution in [2.24, 2.45) is 0 Å². The van der Waals surface area contributed by atoms with E-state index in [2.05, 4.69) is 9.72 Å². The zero-order valence-corrected chi connectivity index (χ0v) is 7.33. The minimum Gasteiger partial charge on any atom is -0.481 e. The van der Waals surface area contributed by atoms with Gasteiger partial charge in [0.2, 0.25) is 5.88 Å². The normalized spacial score (nSPS) is 10.3. The molecule has 0 aliphatic heterocycles. The van der Waals surface area contributed by atoms with Gasteiger partial charge in [-0.25, -0.2) is 13.8 Å². The largest absolute Gasteiger partial charge is 0.481 e. The van der Waals surface area contributed by atoms with Crippen LogP contribution in [-0.4, -0.2) is 18.4 Å². The molecule has 0 saturated heterocycles. The van der Waals surface area contributed by atoms with Gasteiger partial charge in [0.15, 0.2) is 6.29 Å². The highest BCUT2D eigenvalue weighted by atomic mass is 19.3. The maximum absolute atomic E-state index is 12.4. The lowest BCUT2D eigenvalue weighted by atomic mass is 10.2. The molecule has 1 aromatic rings. The maximum atomic E-state index is 12.4. The highest BCUT2D eigenvalue weighted by Crippen LogP contribution is 2.32. The summed E-state index contributed by atoms with van der Waals surface area (Å²) in [6.07, 6.45) is -2.37. The van der Waals surface area contributed by atoms with Crippen molar-refractivity contribution in [2.45, 2.75) is 6.43 Å². The molecule has 1 rings (SSSR count). The van der Waals surface area contributed by atoms with Gasteiger partial charge in [-0.05, 0) is 6.07 Å². The zero-order valence-electron chi connectivity index (χ0n) is 7.33. The van der Waals surface area contributed by atoms with E-state index in [0.717, 1.165) is 6.07 Å². The van der Waals surface area contributed by atoms with Gasteiger partial charge >= 0.3 is 0 Å². The van der Waals surface area contributed by atoms with Crippen LogP contribution in [0.2, 0.25) is 0 Å². The average molecular weight is 202 g/mol. The van der Waals surface area contributed by atoms with Crippen molar-refractivity contribution in [3.63, 3.8) is 0 Å². The van der Waals surface area contributed by atoms with Gasteiger partial charge in [-0.1, -0.05) is 0 Å². The summed E-state index contributed by atoms with van der Waals surface area (Å²) < 4.78 is 29.4. The molecule has 0 bridgehead atoms. The van der Waals surface area contributed by atoms with Crippen molar-refractivity contribution in [3.05, 3.63) is 17.3 Å². The number of carbonyl (C=O) groups excluding carboxylic acids is 1. The first kappa shape index (κ1) is 10.4. The van der Waals surface area contributed by atoms with Crippen LogP contribution in [0.5, 0.6) is 5.88 Å². The second kappa shape index (κ2) is 3.99. The quantitative estimate of drug-likeness (QED) is 0.753. The molecule has 4 nitrogen and oxygen atoms in total. The van der Waals surface area contributed by atoms with E-state index in [1.54, 1.807) is 0 Å². The van der Waals surface area contributed by atoms with E-state index in [-0.39, 0.29) is 17.3 Å². The molecule has 76 valence electrons. The standard InChI is InChI=1S/C8H8F2N2O2/c1-14-8-6(7(9)10)5(11)2-4(3-13)12-8/h2-3,7H,1H3,(H2,11,12). The molecular weight excluding hydrogens is 194 g/mol. The van der Waals surface area contributed by atoms with Crippen molar-refractivity contribution in [2.75, 3.05) is 12.8 Å². The first-order valence-electron chi connectivity index (χ1n) is 3.68. The minimum atomic E-state index is -2.78. The monoisotopic (exact) mass is 202 g/mol. The van der Waals surface area contributed by atoms with Crippen LogP contribution in [-0.2, 0) is 0 Å². The summed E-state index contributed by atoms with van der Waals surface area (Å²) in [6, 6.07) is 1.08. The lowest BCUT2D eigenvalue weighted by Gasteiger charge is -2.09. The molecule has 0 saturated carbocycles. The molecule has 1 aromatic heterocycles. The Morgan fingerprint density at radius 1 is 1.64 bits per heavy atom. The van der Waals surface area contributed by atoms with Gasteiger partial charge in [0.1, 0.15) is 11.3 Å². The fraction of sp³-hybridized carbons (Fsp3) is 0.250. The molecule has 14 heavy (non-hydrogen) atoms. The topological polar surface area (TPSA) is 65.2 Å². The Hall–Kier alpha value is -1.72. The lowest BCUT2D eigenvalue weighted by Crippen LogP contribution is -2.03. The van der Waals surface area contributed by atoms with Gasteiger partial charge in [0.05, 0.1) is 7.11 Å². The Bertz CT molecular complexity index is 355. The highest BCUT2D eigenvalue weighted by molar-refractivity contribution is 5.75. The van der Waals surface area contributed by atoms with Crippen LogP contribution in [0.1, 0.15) is 22.5 Å².